The second-order valence-corrected chi connectivity index (χ2v) is 19.2. The molecule has 0 bridgehead atoms. The van der Waals surface area contributed by atoms with Gasteiger partial charge in [0.25, 0.3) is 0 Å². The fraction of sp³-hybridized carbons (Fsp3) is 0.0308. The quantitative estimate of drug-likeness (QED) is 0.160. The van der Waals surface area contributed by atoms with Crippen molar-refractivity contribution >= 4 is 31.5 Å². The van der Waals surface area contributed by atoms with Gasteiger partial charge in [0.05, 0.1) is 10.8 Å². The molecule has 0 fully saturated rings. The second kappa shape index (κ2) is 15.5. The Bertz CT molecular complexity index is 3860. The Kier molecular flexibility index (Phi) is 8.89. The van der Waals surface area contributed by atoms with Gasteiger partial charge in [-0.15, -0.1) is 11.3 Å². The van der Waals surface area contributed by atoms with Crippen LogP contribution in [0.4, 0.5) is 0 Å². The lowest BCUT2D eigenvalue weighted by Gasteiger charge is -2.34. The summed E-state index contributed by atoms with van der Waals surface area (Å²) in [6.45, 7) is 0. The predicted molar refractivity (Wildman–Crippen MR) is 284 cm³/mol. The van der Waals surface area contributed by atoms with Crippen molar-refractivity contribution < 1.29 is 0 Å². The number of aromatic nitrogens is 3. The largest absolute Gasteiger partial charge is 0.208 e. The zero-order valence-corrected chi connectivity index (χ0v) is 38.2. The van der Waals surface area contributed by atoms with Crippen LogP contribution in [-0.2, 0) is 10.8 Å². The Labute approximate surface area is 404 Å². The van der Waals surface area contributed by atoms with Crippen molar-refractivity contribution in [2.24, 2.45) is 0 Å². The normalized spacial score (nSPS) is 13.7. The molecular formula is C65H41N3S. The zero-order valence-electron chi connectivity index (χ0n) is 37.4. The first-order valence-electron chi connectivity index (χ1n) is 23.6. The van der Waals surface area contributed by atoms with E-state index in [2.05, 4.69) is 243 Å². The highest BCUT2D eigenvalue weighted by molar-refractivity contribution is 7.26. The van der Waals surface area contributed by atoms with E-state index < -0.39 is 10.8 Å². The number of hydrogen-bond donors (Lipinski definition) is 0. The van der Waals surface area contributed by atoms with Crippen LogP contribution >= 0.6 is 11.3 Å². The highest BCUT2D eigenvalue weighted by Gasteiger charge is 2.48. The van der Waals surface area contributed by atoms with Gasteiger partial charge in [-0.05, 0) is 79.4 Å². The number of hydrogen-bond acceptors (Lipinski definition) is 4. The smallest absolute Gasteiger partial charge is 0.164 e. The standard InChI is InChI=1S/C65H41N3S/c1-6-20-42(21-7-1)61-66-62(43-34-36-50-49-30-16-18-32-54(49)64(56(50)40-43,45-22-8-2-9-23-45)46-24-10-3-11-25-46)68-63(67-61)44-35-37-53-57(41-44)65(47-26-12-4-13-27-47,48-28-14-5-15-29-48)55-39-38-52-51-31-17-19-33-58(51)69-60(52)59(53)55/h1-41H. The molecule has 322 valence electrons. The minimum Gasteiger partial charge on any atom is -0.208 e. The van der Waals surface area contributed by atoms with Crippen molar-refractivity contribution in [1.82, 2.24) is 15.0 Å². The Morgan fingerprint density at radius 2 is 0.725 bits per heavy atom. The maximum atomic E-state index is 5.49. The van der Waals surface area contributed by atoms with Gasteiger partial charge in [-0.2, -0.15) is 0 Å². The molecule has 0 N–H and O–H groups in total. The fourth-order valence-corrected chi connectivity index (χ4v) is 13.1. The van der Waals surface area contributed by atoms with E-state index in [1.165, 1.54) is 86.9 Å². The molecule has 69 heavy (non-hydrogen) atoms. The molecule has 0 spiro atoms. The summed E-state index contributed by atoms with van der Waals surface area (Å²) in [6.07, 6.45) is 0. The number of thiophene rings is 1. The van der Waals surface area contributed by atoms with E-state index in [1.54, 1.807) is 0 Å². The number of benzene rings is 10. The number of nitrogens with zero attached hydrogens (tertiary/aromatic N) is 3. The Hall–Kier alpha value is -8.57. The molecule has 0 unspecified atom stereocenters. The number of fused-ring (bicyclic) bond motifs is 10. The van der Waals surface area contributed by atoms with Gasteiger partial charge in [-0.25, -0.2) is 15.0 Å². The monoisotopic (exact) mass is 895 g/mol. The molecule has 0 radical (unpaired) electrons. The van der Waals surface area contributed by atoms with Gasteiger partial charge >= 0.3 is 0 Å². The van der Waals surface area contributed by atoms with Gasteiger partial charge in [0, 0.05) is 42.4 Å². The third-order valence-corrected chi connectivity index (χ3v) is 15.9. The van der Waals surface area contributed by atoms with Gasteiger partial charge in [0.1, 0.15) is 0 Å². The van der Waals surface area contributed by atoms with Crippen LogP contribution in [0, 0.1) is 0 Å². The summed E-state index contributed by atoms with van der Waals surface area (Å²) in [5.74, 6) is 1.88. The molecule has 4 heteroatoms. The van der Waals surface area contributed by atoms with Gasteiger partial charge in [-0.3, -0.25) is 0 Å². The molecule has 3 nitrogen and oxygen atoms in total. The molecule has 2 aliphatic rings. The van der Waals surface area contributed by atoms with E-state index in [0.29, 0.717) is 17.5 Å². The highest BCUT2D eigenvalue weighted by atomic mass is 32.1. The van der Waals surface area contributed by atoms with E-state index >= 15 is 0 Å². The maximum Gasteiger partial charge on any atom is 0.164 e. The predicted octanol–water partition coefficient (Wildman–Crippen LogP) is 16.0. The fourth-order valence-electron chi connectivity index (χ4n) is 11.8. The first kappa shape index (κ1) is 39.6. The van der Waals surface area contributed by atoms with Crippen LogP contribution in [0.15, 0.2) is 249 Å². The molecule has 0 aliphatic heterocycles. The van der Waals surface area contributed by atoms with Gasteiger partial charge < -0.3 is 0 Å². The van der Waals surface area contributed by atoms with E-state index in [-0.39, 0.29) is 0 Å². The Morgan fingerprint density at radius 3 is 1.30 bits per heavy atom. The van der Waals surface area contributed by atoms with E-state index in [4.69, 9.17) is 15.0 Å². The maximum absolute atomic E-state index is 5.49. The third kappa shape index (κ3) is 5.76. The van der Waals surface area contributed by atoms with E-state index in [9.17, 15) is 0 Å². The van der Waals surface area contributed by atoms with Crippen LogP contribution in [0.25, 0.3) is 76.6 Å². The Morgan fingerprint density at radius 1 is 0.290 bits per heavy atom. The Balaban J connectivity index is 1.02. The van der Waals surface area contributed by atoms with Crippen LogP contribution in [0.3, 0.4) is 0 Å². The molecule has 2 heterocycles. The second-order valence-electron chi connectivity index (χ2n) is 18.2. The van der Waals surface area contributed by atoms with Crippen molar-refractivity contribution in [2.45, 2.75) is 10.8 Å². The topological polar surface area (TPSA) is 38.7 Å². The molecular weight excluding hydrogens is 855 g/mol. The average molecular weight is 896 g/mol. The first-order valence-corrected chi connectivity index (χ1v) is 24.4. The first-order chi connectivity index (χ1) is 34.2. The minimum atomic E-state index is -0.612. The lowest BCUT2D eigenvalue weighted by molar-refractivity contribution is 0.768. The van der Waals surface area contributed by atoms with Crippen LogP contribution in [0.1, 0.15) is 44.5 Å². The number of rotatable bonds is 7. The molecule has 12 aromatic rings. The SMILES string of the molecule is c1ccc(-c2nc(-c3ccc4c(c3)C(c3ccccc3)(c3ccccc3)c3ccccc3-4)nc(-c3ccc4c(c3)C(c3ccccc3)(c3ccccc3)c3ccc5c(sc6ccccc65)c3-4)n2)cc1. The van der Waals surface area contributed by atoms with Crippen molar-refractivity contribution in [2.75, 3.05) is 0 Å². The molecule has 2 aromatic heterocycles. The molecule has 0 atom stereocenters. The lowest BCUT2D eigenvalue weighted by atomic mass is 9.67. The van der Waals surface area contributed by atoms with Crippen molar-refractivity contribution in [3.05, 3.63) is 293 Å². The zero-order chi connectivity index (χ0) is 45.5. The summed E-state index contributed by atoms with van der Waals surface area (Å²) < 4.78 is 2.61. The molecule has 14 rings (SSSR count). The summed E-state index contributed by atoms with van der Waals surface area (Å²) in [5.41, 5.74) is 16.4. The summed E-state index contributed by atoms with van der Waals surface area (Å²) >= 11 is 1.89. The molecule has 0 amide bonds. The van der Waals surface area contributed by atoms with Crippen LogP contribution in [0.5, 0.6) is 0 Å². The van der Waals surface area contributed by atoms with Crippen LogP contribution in [-0.4, -0.2) is 15.0 Å². The van der Waals surface area contributed by atoms with Crippen LogP contribution < -0.4 is 0 Å². The summed E-state index contributed by atoms with van der Waals surface area (Å²) in [4.78, 5) is 16.2. The molecule has 0 saturated carbocycles. The average Bonchev–Trinajstić information content (AvgIpc) is 4.07. The summed E-state index contributed by atoms with van der Waals surface area (Å²) in [5, 5.41) is 2.58. The molecule has 0 saturated heterocycles. The summed E-state index contributed by atoms with van der Waals surface area (Å²) in [7, 11) is 0. The van der Waals surface area contributed by atoms with Gasteiger partial charge in [-0.1, -0.05) is 231 Å². The van der Waals surface area contributed by atoms with Crippen molar-refractivity contribution in [3.63, 3.8) is 0 Å². The van der Waals surface area contributed by atoms with Crippen LogP contribution in [0.2, 0.25) is 0 Å². The van der Waals surface area contributed by atoms with Gasteiger partial charge in [0.15, 0.2) is 17.5 Å². The molecule has 10 aromatic carbocycles. The molecule has 2 aliphatic carbocycles. The lowest BCUT2D eigenvalue weighted by Crippen LogP contribution is -2.28. The van der Waals surface area contributed by atoms with Crippen molar-refractivity contribution in [3.8, 4) is 56.4 Å². The third-order valence-electron chi connectivity index (χ3n) is 14.7. The minimum absolute atomic E-state index is 0.560. The van der Waals surface area contributed by atoms with Gasteiger partial charge in [0.2, 0.25) is 0 Å². The van der Waals surface area contributed by atoms with Crippen molar-refractivity contribution in [1.29, 1.82) is 0 Å². The van der Waals surface area contributed by atoms with E-state index in [1.807, 2.05) is 17.4 Å². The highest BCUT2D eigenvalue weighted by Crippen LogP contribution is 2.60. The summed E-state index contributed by atoms with van der Waals surface area (Å²) in [6, 6.07) is 90.4. The van der Waals surface area contributed by atoms with E-state index in [0.717, 1.165) is 16.7 Å².